The standard InChI is InChI=1S/C17H23NO3/c1-3-17(4-2)16(20)15(18-11-7-10-14(18)19)12-8-5-6-9-13(12)21-17/h5-6,8-9,12-13,20H,3-4,7,10-11H2,1-2H3/t12-,13-/m0/s1. The fraction of sp³-hybridized carbons (Fsp3) is 0.588. The van der Waals surface area contributed by atoms with Gasteiger partial charge < -0.3 is 14.7 Å². The van der Waals surface area contributed by atoms with Crippen LogP contribution in [0.25, 0.3) is 0 Å². The summed E-state index contributed by atoms with van der Waals surface area (Å²) in [5.74, 6) is 0.300. The summed E-state index contributed by atoms with van der Waals surface area (Å²) in [5.41, 5.74) is 0.0903. The van der Waals surface area contributed by atoms with E-state index in [-0.39, 0.29) is 23.7 Å². The average Bonchev–Trinajstić information content (AvgIpc) is 2.93. The van der Waals surface area contributed by atoms with E-state index in [9.17, 15) is 9.90 Å². The minimum absolute atomic E-state index is 0.0664. The van der Waals surface area contributed by atoms with Crippen molar-refractivity contribution in [3.05, 3.63) is 35.8 Å². The quantitative estimate of drug-likeness (QED) is 0.868. The topological polar surface area (TPSA) is 49.8 Å². The van der Waals surface area contributed by atoms with Gasteiger partial charge in [-0.1, -0.05) is 38.2 Å². The van der Waals surface area contributed by atoms with E-state index >= 15 is 0 Å². The van der Waals surface area contributed by atoms with Gasteiger partial charge in [-0.25, -0.2) is 0 Å². The second-order valence-corrected chi connectivity index (χ2v) is 5.96. The fourth-order valence-electron chi connectivity index (χ4n) is 3.62. The lowest BCUT2D eigenvalue weighted by molar-refractivity contribution is -0.131. The Morgan fingerprint density at radius 2 is 2.05 bits per heavy atom. The summed E-state index contributed by atoms with van der Waals surface area (Å²) < 4.78 is 6.23. The first-order valence-electron chi connectivity index (χ1n) is 7.89. The van der Waals surface area contributed by atoms with Crippen LogP contribution in [-0.2, 0) is 9.53 Å². The van der Waals surface area contributed by atoms with E-state index in [2.05, 4.69) is 0 Å². The first-order chi connectivity index (χ1) is 10.1. The number of fused-ring (bicyclic) bond motifs is 1. The highest BCUT2D eigenvalue weighted by Crippen LogP contribution is 2.44. The van der Waals surface area contributed by atoms with E-state index in [0.29, 0.717) is 25.8 Å². The molecule has 114 valence electrons. The van der Waals surface area contributed by atoms with E-state index in [0.717, 1.165) is 12.1 Å². The molecule has 1 N–H and O–H groups in total. The first-order valence-corrected chi connectivity index (χ1v) is 7.89. The summed E-state index contributed by atoms with van der Waals surface area (Å²) in [6, 6.07) is 0. The molecule has 0 bridgehead atoms. The Morgan fingerprint density at radius 3 is 2.67 bits per heavy atom. The highest BCUT2D eigenvalue weighted by molar-refractivity contribution is 5.80. The maximum atomic E-state index is 12.2. The fourth-order valence-corrected chi connectivity index (χ4v) is 3.62. The number of ether oxygens (including phenoxy) is 1. The van der Waals surface area contributed by atoms with Crippen molar-refractivity contribution < 1.29 is 14.6 Å². The van der Waals surface area contributed by atoms with Gasteiger partial charge in [0, 0.05) is 13.0 Å². The summed E-state index contributed by atoms with van der Waals surface area (Å²) in [6.07, 6.45) is 10.7. The molecule has 2 atom stereocenters. The molecule has 1 fully saturated rings. The van der Waals surface area contributed by atoms with Crippen LogP contribution >= 0.6 is 0 Å². The number of nitrogens with zero attached hydrogens (tertiary/aromatic N) is 1. The Hall–Kier alpha value is -1.55. The van der Waals surface area contributed by atoms with Gasteiger partial charge in [-0.15, -0.1) is 0 Å². The van der Waals surface area contributed by atoms with E-state index in [4.69, 9.17) is 4.74 Å². The van der Waals surface area contributed by atoms with Crippen LogP contribution in [-0.4, -0.2) is 34.2 Å². The molecule has 4 heteroatoms. The number of amides is 1. The lowest BCUT2D eigenvalue weighted by Gasteiger charge is -2.45. The second-order valence-electron chi connectivity index (χ2n) is 5.96. The van der Waals surface area contributed by atoms with E-state index in [1.54, 1.807) is 4.90 Å². The number of hydrogen-bond donors (Lipinski definition) is 1. The molecule has 0 saturated carbocycles. The van der Waals surface area contributed by atoms with Gasteiger partial charge in [0.2, 0.25) is 5.91 Å². The molecule has 3 rings (SSSR count). The summed E-state index contributed by atoms with van der Waals surface area (Å²) in [5, 5.41) is 10.9. The van der Waals surface area contributed by atoms with Crippen LogP contribution in [0.2, 0.25) is 0 Å². The van der Waals surface area contributed by atoms with Crippen LogP contribution < -0.4 is 0 Å². The highest BCUT2D eigenvalue weighted by atomic mass is 16.5. The molecule has 2 aliphatic heterocycles. The zero-order chi connectivity index (χ0) is 15.0. The summed E-state index contributed by atoms with van der Waals surface area (Å²) in [6.45, 7) is 4.74. The van der Waals surface area contributed by atoms with Crippen LogP contribution in [0.15, 0.2) is 35.8 Å². The van der Waals surface area contributed by atoms with Crippen molar-refractivity contribution in [3.8, 4) is 0 Å². The zero-order valence-electron chi connectivity index (χ0n) is 12.7. The average molecular weight is 289 g/mol. The summed E-state index contributed by atoms with van der Waals surface area (Å²) in [7, 11) is 0. The predicted octanol–water partition coefficient (Wildman–Crippen LogP) is 3.08. The van der Waals surface area contributed by atoms with E-state index in [1.807, 2.05) is 38.2 Å². The van der Waals surface area contributed by atoms with Crippen LogP contribution in [0.4, 0.5) is 0 Å². The van der Waals surface area contributed by atoms with Gasteiger partial charge in [0.15, 0.2) is 0 Å². The van der Waals surface area contributed by atoms with Crippen molar-refractivity contribution in [1.82, 2.24) is 4.90 Å². The third kappa shape index (κ3) is 2.13. The maximum absolute atomic E-state index is 12.2. The number of rotatable bonds is 3. The van der Waals surface area contributed by atoms with Gasteiger partial charge >= 0.3 is 0 Å². The molecule has 0 aromatic rings. The van der Waals surface area contributed by atoms with Gasteiger partial charge in [0.05, 0.1) is 17.7 Å². The van der Waals surface area contributed by atoms with Gasteiger partial charge in [-0.05, 0) is 19.3 Å². The number of carbonyl (C=O) groups excluding carboxylic acids is 1. The molecule has 21 heavy (non-hydrogen) atoms. The maximum Gasteiger partial charge on any atom is 0.226 e. The lowest BCUT2D eigenvalue weighted by Crippen LogP contribution is -2.49. The first kappa shape index (κ1) is 14.4. The second kappa shape index (κ2) is 5.34. The molecular weight excluding hydrogens is 266 g/mol. The van der Waals surface area contributed by atoms with Crippen LogP contribution in [0.5, 0.6) is 0 Å². The van der Waals surface area contributed by atoms with Gasteiger partial charge in [-0.2, -0.15) is 0 Å². The number of hydrogen-bond acceptors (Lipinski definition) is 3. The molecule has 1 amide bonds. The summed E-state index contributed by atoms with van der Waals surface area (Å²) >= 11 is 0. The molecule has 0 aromatic carbocycles. The molecule has 0 spiro atoms. The molecule has 3 aliphatic rings. The Morgan fingerprint density at radius 1 is 1.33 bits per heavy atom. The van der Waals surface area contributed by atoms with Crippen LogP contribution in [0.1, 0.15) is 39.5 Å². The van der Waals surface area contributed by atoms with Gasteiger partial charge in [0.1, 0.15) is 11.4 Å². The third-order valence-electron chi connectivity index (χ3n) is 4.94. The van der Waals surface area contributed by atoms with Crippen molar-refractivity contribution >= 4 is 5.91 Å². The van der Waals surface area contributed by atoms with Crippen LogP contribution in [0.3, 0.4) is 0 Å². The number of carbonyl (C=O) groups is 1. The van der Waals surface area contributed by atoms with Crippen molar-refractivity contribution in [2.75, 3.05) is 6.54 Å². The Labute approximate surface area is 125 Å². The van der Waals surface area contributed by atoms with Crippen molar-refractivity contribution in [1.29, 1.82) is 0 Å². The molecule has 0 radical (unpaired) electrons. The molecular formula is C17H23NO3. The number of aliphatic hydroxyl groups is 1. The molecule has 2 heterocycles. The van der Waals surface area contributed by atoms with E-state index < -0.39 is 5.60 Å². The summed E-state index contributed by atoms with van der Waals surface area (Å²) in [4.78, 5) is 14.0. The molecule has 0 aromatic heterocycles. The molecule has 0 unspecified atom stereocenters. The molecule has 1 aliphatic carbocycles. The lowest BCUT2D eigenvalue weighted by atomic mass is 9.82. The van der Waals surface area contributed by atoms with Crippen molar-refractivity contribution in [2.45, 2.75) is 51.2 Å². The molecule has 1 saturated heterocycles. The minimum Gasteiger partial charge on any atom is -0.507 e. The molecule has 4 nitrogen and oxygen atoms in total. The zero-order valence-corrected chi connectivity index (χ0v) is 12.7. The minimum atomic E-state index is -0.672. The third-order valence-corrected chi connectivity index (χ3v) is 4.94. The van der Waals surface area contributed by atoms with Crippen molar-refractivity contribution in [2.24, 2.45) is 5.92 Å². The Kier molecular flexibility index (Phi) is 3.66. The van der Waals surface area contributed by atoms with Gasteiger partial charge in [-0.3, -0.25) is 4.79 Å². The number of aliphatic hydroxyl groups excluding tert-OH is 1. The predicted molar refractivity (Wildman–Crippen MR) is 80.6 cm³/mol. The van der Waals surface area contributed by atoms with E-state index in [1.165, 1.54) is 0 Å². The SMILES string of the molecule is CCC1(CC)O[C@H]2C=CC=C[C@@H]2C(N2CCCC2=O)=C1O. The normalized spacial score (nSPS) is 31.0. The highest BCUT2D eigenvalue weighted by Gasteiger charge is 2.47. The monoisotopic (exact) mass is 289 g/mol. The Bertz CT molecular complexity index is 528. The largest absolute Gasteiger partial charge is 0.507 e. The Balaban J connectivity index is 2.11. The number of likely N-dealkylation sites (tertiary alicyclic amines) is 1. The number of allylic oxidation sites excluding steroid dienone is 2. The van der Waals surface area contributed by atoms with Gasteiger partial charge in [0.25, 0.3) is 0 Å². The smallest absolute Gasteiger partial charge is 0.226 e. The van der Waals surface area contributed by atoms with Crippen LogP contribution in [0, 0.1) is 5.92 Å². The van der Waals surface area contributed by atoms with Crippen molar-refractivity contribution in [3.63, 3.8) is 0 Å².